The van der Waals surface area contributed by atoms with Crippen LogP contribution in [0.4, 0.5) is 17.1 Å². The van der Waals surface area contributed by atoms with Crippen molar-refractivity contribution in [2.24, 2.45) is 0 Å². The second-order valence-electron chi connectivity index (χ2n) is 37.0. The van der Waals surface area contributed by atoms with E-state index in [9.17, 15) is 15.8 Å². The van der Waals surface area contributed by atoms with E-state index in [0.717, 1.165) is 264 Å². The zero-order valence-electron chi connectivity index (χ0n) is 78.2. The van der Waals surface area contributed by atoms with Crippen molar-refractivity contribution >= 4 is 214 Å². The van der Waals surface area contributed by atoms with Crippen LogP contribution in [-0.2, 0) is 0 Å². The summed E-state index contributed by atoms with van der Waals surface area (Å²) in [4.78, 5) is 11.6. The predicted octanol–water partition coefficient (Wildman–Crippen LogP) is 35.6. The van der Waals surface area contributed by atoms with E-state index in [4.69, 9.17) is 33.0 Å². The molecule has 0 fully saturated rings. The van der Waals surface area contributed by atoms with Gasteiger partial charge in [0.1, 0.15) is 33.5 Å². The Labute approximate surface area is 837 Å². The zero-order valence-corrected chi connectivity index (χ0v) is 78.2. The van der Waals surface area contributed by atoms with Gasteiger partial charge < -0.3 is 40.7 Å². The van der Waals surface area contributed by atoms with E-state index in [0.29, 0.717) is 33.8 Å². The third-order valence-electron chi connectivity index (χ3n) is 29.3. The van der Waals surface area contributed by atoms with Crippen molar-refractivity contribution in [1.82, 2.24) is 27.4 Å². The van der Waals surface area contributed by atoms with Gasteiger partial charge in [-0.2, -0.15) is 15.8 Å². The summed E-state index contributed by atoms with van der Waals surface area (Å²) < 4.78 is 32.9. The minimum Gasteiger partial charge on any atom is -0.456 e. The van der Waals surface area contributed by atoms with E-state index in [2.05, 4.69) is 339 Å². The van der Waals surface area contributed by atoms with Gasteiger partial charge in [-0.15, -0.1) is 0 Å². The molecule has 0 spiro atoms. The molecule has 147 heavy (non-hydrogen) atoms. The monoisotopic (exact) mass is 1870 g/mol. The number of para-hydroxylation sites is 12. The lowest BCUT2D eigenvalue weighted by molar-refractivity contribution is 0.669. The molecule has 0 aliphatic rings. The number of rotatable bonds is 9. The summed E-state index contributed by atoms with van der Waals surface area (Å²) in [7, 11) is 0. The fourth-order valence-corrected chi connectivity index (χ4v) is 23.1. The van der Waals surface area contributed by atoms with Gasteiger partial charge in [0.05, 0.1) is 160 Å². The van der Waals surface area contributed by atoms with Gasteiger partial charge in [0.2, 0.25) is 0 Å². The molecular formula is C132H72N12O3. The molecule has 678 valence electrons. The van der Waals surface area contributed by atoms with E-state index in [1.54, 1.807) is 0 Å². The molecule has 30 rings (SSSR count). The van der Waals surface area contributed by atoms with E-state index >= 15 is 0 Å². The Bertz CT molecular complexity index is 10900. The molecule has 0 atom stereocenters. The van der Waals surface area contributed by atoms with Crippen LogP contribution in [0.1, 0.15) is 16.7 Å². The highest BCUT2D eigenvalue weighted by Crippen LogP contribution is 2.52. The summed E-state index contributed by atoms with van der Waals surface area (Å²) in [5.74, 6) is 0. The lowest BCUT2D eigenvalue weighted by Gasteiger charge is -2.19. The average Bonchev–Trinajstić information content (AvgIpc) is 1.56. The minimum absolute atomic E-state index is 0.527. The van der Waals surface area contributed by atoms with Gasteiger partial charge in [0, 0.05) is 108 Å². The first-order valence-electron chi connectivity index (χ1n) is 48.3. The number of aromatic nitrogens is 6. The van der Waals surface area contributed by atoms with Gasteiger partial charge in [-0.1, -0.05) is 237 Å². The van der Waals surface area contributed by atoms with Crippen LogP contribution in [0.15, 0.2) is 450 Å². The summed E-state index contributed by atoms with van der Waals surface area (Å²) in [6.45, 7) is 23.9. The Morgan fingerprint density at radius 1 is 0.177 bits per heavy atom. The van der Waals surface area contributed by atoms with Gasteiger partial charge >= 0.3 is 0 Å². The molecule has 0 aliphatic carbocycles. The van der Waals surface area contributed by atoms with Gasteiger partial charge in [0.25, 0.3) is 0 Å². The lowest BCUT2D eigenvalue weighted by Crippen LogP contribution is -2.02. The molecule has 0 bridgehead atoms. The molecule has 15 heteroatoms. The fourth-order valence-electron chi connectivity index (χ4n) is 23.1. The molecule has 21 aromatic carbocycles. The topological polar surface area (TPSA) is 153 Å². The molecule has 0 amide bonds. The number of nitriles is 3. The van der Waals surface area contributed by atoms with E-state index in [1.165, 1.54) is 0 Å². The normalized spacial score (nSPS) is 11.6. The summed E-state index contributed by atoms with van der Waals surface area (Å²) in [5, 5.41) is 50.4. The Kier molecular flexibility index (Phi) is 19.0. The standard InChI is InChI=1S/3C44H24N4O/c1-46-28-19-22-40(47-36-14-6-2-10-29(36)30-11-3-7-15-37(30)47)35(25-28)34-24-27(26-45)18-21-39(34)48-38-16-8-4-13-33(38)43-41(48)23-20-32-31-12-5-9-17-42(31)49-44(32)43;1-46-28-19-21-41(47-37-14-6-2-10-29(37)30-11-3-7-15-38(30)47)34(23-28)33-22-27(26-45)18-20-40(33)48-39-16-8-4-12-31(39)35-25-44-36(24-42(35)48)32-13-5-9-17-43(32)49-44;1-46-28-19-21-39(47-35-14-6-2-10-29(35)30-11-3-7-15-36(30)47)34(25-28)33-24-27(26-45)18-20-38(33)48-37-16-8-4-12-31(37)43-40(48)22-23-42-44(43)32-13-5-9-17-41(32)49-42/h3*2-25H. The second-order valence-corrected chi connectivity index (χ2v) is 37.0. The highest BCUT2D eigenvalue weighted by atomic mass is 16.3. The van der Waals surface area contributed by atoms with E-state index in [1.807, 2.05) is 158 Å². The van der Waals surface area contributed by atoms with Crippen molar-refractivity contribution in [2.45, 2.75) is 0 Å². The third kappa shape index (κ3) is 12.8. The molecule has 0 saturated carbocycles. The van der Waals surface area contributed by atoms with E-state index in [-0.39, 0.29) is 0 Å². The number of benzene rings is 21. The maximum absolute atomic E-state index is 10.2. The van der Waals surface area contributed by atoms with Crippen molar-refractivity contribution in [1.29, 1.82) is 15.8 Å². The predicted molar refractivity (Wildman–Crippen MR) is 596 cm³/mol. The Morgan fingerprint density at radius 3 is 0.830 bits per heavy atom. The highest BCUT2D eigenvalue weighted by molar-refractivity contribution is 6.29. The number of nitrogens with zero attached hydrogens (tertiary/aromatic N) is 12. The Balaban J connectivity index is 0.000000107. The SMILES string of the molecule is [C-]#[N+]c1ccc(-n2c3ccccc3c3ccccc32)c(-c2cc(C#N)ccc2-n2c3ccccc3c3c4c(ccc32)oc2ccccc24)c1.[C-]#[N+]c1ccc(-n2c3ccccc3c3ccccc32)c(-c2cc(C#N)ccc2-n2c3ccccc3c3c4oc5ccccc5c4ccc32)c1.[C-]#[N+]c1ccc(-n2c3ccccc3c3ccccc32)c(-c2cc(C#N)ccc2-n2c3ccccc3c3cc4oc5ccccc5c4cc32)c1. The first-order valence-corrected chi connectivity index (χ1v) is 48.3. The van der Waals surface area contributed by atoms with Crippen molar-refractivity contribution < 1.29 is 13.3 Å². The quantitative estimate of drug-likeness (QED) is 0.131. The summed E-state index contributed by atoms with van der Waals surface area (Å²) in [6.07, 6.45) is 0. The van der Waals surface area contributed by atoms with Crippen LogP contribution in [0.3, 0.4) is 0 Å². The van der Waals surface area contributed by atoms with Crippen LogP contribution in [-0.4, -0.2) is 27.4 Å². The first-order chi connectivity index (χ1) is 72.7. The molecule has 0 radical (unpaired) electrons. The van der Waals surface area contributed by atoms with Crippen molar-refractivity contribution in [2.75, 3.05) is 0 Å². The van der Waals surface area contributed by atoms with Gasteiger partial charge in [-0.25, -0.2) is 14.5 Å². The molecule has 0 N–H and O–H groups in total. The molecule has 0 saturated heterocycles. The molecule has 30 aromatic rings. The van der Waals surface area contributed by atoms with Crippen LogP contribution >= 0.6 is 0 Å². The largest absolute Gasteiger partial charge is 0.456 e. The second kappa shape index (κ2) is 33.2. The summed E-state index contributed by atoms with van der Waals surface area (Å²) >= 11 is 0. The molecular weight excluding hydrogens is 1800 g/mol. The van der Waals surface area contributed by atoms with Crippen LogP contribution in [0, 0.1) is 53.7 Å². The number of fused-ring (bicyclic) bond motifs is 29. The molecule has 0 aliphatic heterocycles. The molecule has 0 unspecified atom stereocenters. The number of hydrogen-bond donors (Lipinski definition) is 0. The first kappa shape index (κ1) is 83.9. The van der Waals surface area contributed by atoms with Crippen LogP contribution in [0.2, 0.25) is 0 Å². The fraction of sp³-hybridized carbons (Fsp3) is 0. The molecule has 9 heterocycles. The average molecular weight is 1870 g/mol. The minimum atomic E-state index is 0.527. The molecule has 9 aromatic heterocycles. The van der Waals surface area contributed by atoms with Crippen LogP contribution in [0.25, 0.3) is 279 Å². The van der Waals surface area contributed by atoms with Gasteiger partial charge in [-0.3, -0.25) is 0 Å². The highest BCUT2D eigenvalue weighted by Gasteiger charge is 2.30. The zero-order chi connectivity index (χ0) is 97.9. The van der Waals surface area contributed by atoms with Crippen molar-refractivity contribution in [3.63, 3.8) is 0 Å². The molecule has 15 nitrogen and oxygen atoms in total. The summed E-state index contributed by atoms with van der Waals surface area (Å²) in [6, 6.07) is 156. The van der Waals surface area contributed by atoms with E-state index < -0.39 is 0 Å². The Morgan fingerprint density at radius 2 is 0.449 bits per heavy atom. The number of hydrogen-bond acceptors (Lipinski definition) is 6. The lowest BCUT2D eigenvalue weighted by atomic mass is 9.98. The van der Waals surface area contributed by atoms with Crippen LogP contribution < -0.4 is 0 Å². The van der Waals surface area contributed by atoms with Gasteiger partial charge in [-0.05, 0) is 217 Å². The van der Waals surface area contributed by atoms with Gasteiger partial charge in [0.15, 0.2) is 17.1 Å². The smallest absolute Gasteiger partial charge is 0.188 e. The van der Waals surface area contributed by atoms with Crippen molar-refractivity contribution in [3.8, 4) is 85.7 Å². The number of furan rings is 3. The maximum Gasteiger partial charge on any atom is 0.188 e. The summed E-state index contributed by atoms with van der Waals surface area (Å²) in [5.41, 5.74) is 31.7. The Hall–Kier alpha value is -21.2. The van der Waals surface area contributed by atoms with Crippen molar-refractivity contribution in [3.05, 3.63) is 488 Å². The maximum atomic E-state index is 10.2. The van der Waals surface area contributed by atoms with Crippen LogP contribution in [0.5, 0.6) is 0 Å². The third-order valence-corrected chi connectivity index (χ3v) is 29.3.